The van der Waals surface area contributed by atoms with Gasteiger partial charge in [-0.1, -0.05) is 12.8 Å². The molecule has 106 valence electrons. The van der Waals surface area contributed by atoms with Crippen LogP contribution in [0.1, 0.15) is 25.7 Å². The van der Waals surface area contributed by atoms with Crippen LogP contribution in [0.25, 0.3) is 0 Å². The summed E-state index contributed by atoms with van der Waals surface area (Å²) in [4.78, 5) is 2.67. The minimum absolute atomic E-state index is 0.748. The molecule has 0 bridgehead atoms. The molecule has 0 aromatic rings. The van der Waals surface area contributed by atoms with Crippen molar-refractivity contribution in [3.8, 4) is 0 Å². The van der Waals surface area contributed by atoms with E-state index >= 15 is 0 Å². The molecule has 2 aliphatic rings. The molecule has 0 amide bonds. The Bertz CT molecular complexity index is 199. The molecule has 5 heteroatoms. The van der Waals surface area contributed by atoms with Gasteiger partial charge in [-0.2, -0.15) is 0 Å². The maximum Gasteiger partial charge on any atom is 0.0700 e. The Kier molecular flexibility index (Phi) is 7.89. The number of ether oxygens (including phenoxy) is 2. The van der Waals surface area contributed by atoms with Crippen molar-refractivity contribution in [2.75, 3.05) is 49.7 Å². The Labute approximate surface area is 119 Å². The molecule has 0 aromatic heterocycles. The zero-order chi connectivity index (χ0) is 12.5. The van der Waals surface area contributed by atoms with Crippen molar-refractivity contribution in [2.45, 2.75) is 31.7 Å². The highest BCUT2D eigenvalue weighted by molar-refractivity contribution is 8.00. The fourth-order valence-corrected chi connectivity index (χ4v) is 4.36. The average molecular weight is 291 g/mol. The maximum atomic E-state index is 5.54. The van der Waals surface area contributed by atoms with Crippen LogP contribution < -0.4 is 0 Å². The fraction of sp³-hybridized carbons (Fsp3) is 1.00. The summed E-state index contributed by atoms with van der Waals surface area (Å²) in [5.41, 5.74) is 0. The molecule has 1 saturated heterocycles. The van der Waals surface area contributed by atoms with E-state index in [0.717, 1.165) is 44.0 Å². The van der Waals surface area contributed by atoms with Crippen molar-refractivity contribution in [3.05, 3.63) is 0 Å². The summed E-state index contributed by atoms with van der Waals surface area (Å²) in [6.07, 6.45) is 5.63. The molecule has 0 unspecified atom stereocenters. The molecule has 0 atom stereocenters. The Hall–Kier alpha value is 0.580. The van der Waals surface area contributed by atoms with Crippen molar-refractivity contribution in [3.63, 3.8) is 0 Å². The lowest BCUT2D eigenvalue weighted by Gasteiger charge is -2.27. The minimum atomic E-state index is 0.748. The molecule has 0 N–H and O–H groups in total. The van der Waals surface area contributed by atoms with Gasteiger partial charge < -0.3 is 9.47 Å². The summed E-state index contributed by atoms with van der Waals surface area (Å²) in [6.45, 7) is 3.22. The monoisotopic (exact) mass is 291 g/mol. The van der Waals surface area contributed by atoms with E-state index in [0.29, 0.717) is 0 Å². The molecule has 1 saturated carbocycles. The molecule has 0 aromatic carbocycles. The summed E-state index contributed by atoms with van der Waals surface area (Å²) in [5.74, 6) is 4.55. The first-order valence-corrected chi connectivity index (χ1v) is 9.33. The fourth-order valence-electron chi connectivity index (χ4n) is 2.44. The van der Waals surface area contributed by atoms with E-state index in [1.165, 1.54) is 37.4 Å². The summed E-state index contributed by atoms with van der Waals surface area (Å²) in [5, 5.41) is 0. The van der Waals surface area contributed by atoms with E-state index in [-0.39, 0.29) is 0 Å². The third-order valence-corrected chi connectivity index (χ3v) is 5.41. The highest BCUT2D eigenvalue weighted by Crippen LogP contribution is 2.26. The molecule has 0 spiro atoms. The Morgan fingerprint density at radius 1 is 0.778 bits per heavy atom. The van der Waals surface area contributed by atoms with Gasteiger partial charge in [-0.3, -0.25) is 4.90 Å². The predicted molar refractivity (Wildman–Crippen MR) is 80.4 cm³/mol. The molecular formula is C13H25NO2S2. The zero-order valence-corrected chi connectivity index (χ0v) is 12.8. The number of thioether (sulfide) groups is 2. The lowest BCUT2D eigenvalue weighted by Crippen LogP contribution is -2.33. The maximum absolute atomic E-state index is 5.54. The lowest BCUT2D eigenvalue weighted by atomic mass is 10.2. The van der Waals surface area contributed by atoms with Crippen LogP contribution in [0.15, 0.2) is 0 Å². The number of hydrogen-bond acceptors (Lipinski definition) is 5. The van der Waals surface area contributed by atoms with Crippen LogP contribution in [0.4, 0.5) is 0 Å². The lowest BCUT2D eigenvalue weighted by molar-refractivity contribution is 0.0605. The number of rotatable bonds is 1. The predicted octanol–water partition coefficient (Wildman–Crippen LogP) is 2.66. The molecule has 1 heterocycles. The van der Waals surface area contributed by atoms with Crippen molar-refractivity contribution >= 4 is 23.5 Å². The van der Waals surface area contributed by atoms with Crippen LogP contribution in [0, 0.1) is 0 Å². The zero-order valence-electron chi connectivity index (χ0n) is 11.1. The molecule has 2 fully saturated rings. The molecule has 18 heavy (non-hydrogen) atoms. The van der Waals surface area contributed by atoms with Gasteiger partial charge in [0, 0.05) is 29.3 Å². The second kappa shape index (κ2) is 9.48. The molecule has 2 rings (SSSR count). The SMILES string of the molecule is C1CCC(N2CSCCOCCOCCSC2)C1. The number of nitrogens with zero attached hydrogens (tertiary/aromatic N) is 1. The third kappa shape index (κ3) is 5.70. The van der Waals surface area contributed by atoms with Gasteiger partial charge in [-0.05, 0) is 12.8 Å². The van der Waals surface area contributed by atoms with E-state index in [9.17, 15) is 0 Å². The first-order valence-electron chi connectivity index (χ1n) is 7.02. The van der Waals surface area contributed by atoms with Crippen LogP contribution in [-0.4, -0.2) is 60.6 Å². The highest BCUT2D eigenvalue weighted by Gasteiger charge is 2.22. The Balaban J connectivity index is 1.74. The van der Waals surface area contributed by atoms with E-state index in [4.69, 9.17) is 9.47 Å². The normalized spacial score (nSPS) is 27.3. The second-order valence-electron chi connectivity index (χ2n) is 4.83. The van der Waals surface area contributed by atoms with Gasteiger partial charge in [0.1, 0.15) is 0 Å². The third-order valence-electron chi connectivity index (χ3n) is 3.47. The van der Waals surface area contributed by atoms with Gasteiger partial charge in [-0.15, -0.1) is 23.5 Å². The molecule has 1 aliphatic carbocycles. The largest absolute Gasteiger partial charge is 0.378 e. The van der Waals surface area contributed by atoms with Gasteiger partial charge in [0.25, 0.3) is 0 Å². The van der Waals surface area contributed by atoms with Gasteiger partial charge in [-0.25, -0.2) is 0 Å². The topological polar surface area (TPSA) is 21.7 Å². The van der Waals surface area contributed by atoms with Crippen LogP contribution >= 0.6 is 23.5 Å². The van der Waals surface area contributed by atoms with Crippen molar-refractivity contribution in [2.24, 2.45) is 0 Å². The van der Waals surface area contributed by atoms with E-state index in [1.54, 1.807) is 0 Å². The standard InChI is InChI=1S/C13H25NO2S2/c1-2-4-13(3-1)14-11-17-9-7-15-5-6-16-8-10-18-12-14/h13H,1-12H2. The van der Waals surface area contributed by atoms with Gasteiger partial charge >= 0.3 is 0 Å². The summed E-state index contributed by atoms with van der Waals surface area (Å²) in [6, 6.07) is 0.831. The van der Waals surface area contributed by atoms with Crippen molar-refractivity contribution < 1.29 is 9.47 Å². The minimum Gasteiger partial charge on any atom is -0.378 e. The van der Waals surface area contributed by atoms with Crippen molar-refractivity contribution in [1.82, 2.24) is 4.90 Å². The number of hydrogen-bond donors (Lipinski definition) is 0. The van der Waals surface area contributed by atoms with Crippen LogP contribution in [0.5, 0.6) is 0 Å². The van der Waals surface area contributed by atoms with E-state index in [2.05, 4.69) is 4.90 Å². The second-order valence-corrected chi connectivity index (χ2v) is 6.98. The van der Waals surface area contributed by atoms with E-state index < -0.39 is 0 Å². The van der Waals surface area contributed by atoms with Gasteiger partial charge in [0.15, 0.2) is 0 Å². The molecule has 3 nitrogen and oxygen atoms in total. The smallest absolute Gasteiger partial charge is 0.0700 e. The Morgan fingerprint density at radius 3 is 1.89 bits per heavy atom. The van der Waals surface area contributed by atoms with E-state index in [1.807, 2.05) is 23.5 Å². The van der Waals surface area contributed by atoms with Gasteiger partial charge in [0.05, 0.1) is 26.4 Å². The van der Waals surface area contributed by atoms with Crippen LogP contribution in [0.2, 0.25) is 0 Å². The van der Waals surface area contributed by atoms with Crippen LogP contribution in [-0.2, 0) is 9.47 Å². The van der Waals surface area contributed by atoms with Gasteiger partial charge in [0.2, 0.25) is 0 Å². The average Bonchev–Trinajstić information content (AvgIpc) is 2.91. The molecule has 1 aliphatic heterocycles. The molecular weight excluding hydrogens is 266 g/mol. The summed E-state index contributed by atoms with van der Waals surface area (Å²) in [7, 11) is 0. The quantitative estimate of drug-likeness (QED) is 0.738. The first kappa shape index (κ1) is 15.0. The summed E-state index contributed by atoms with van der Waals surface area (Å²) < 4.78 is 11.1. The first-order chi connectivity index (χ1) is 8.97. The van der Waals surface area contributed by atoms with Crippen molar-refractivity contribution in [1.29, 1.82) is 0 Å². The van der Waals surface area contributed by atoms with Crippen LogP contribution in [0.3, 0.4) is 0 Å². The highest BCUT2D eigenvalue weighted by atomic mass is 32.2. The Morgan fingerprint density at radius 2 is 1.33 bits per heavy atom. The summed E-state index contributed by atoms with van der Waals surface area (Å²) >= 11 is 4.03. The molecule has 0 radical (unpaired) electrons.